The van der Waals surface area contributed by atoms with E-state index in [-0.39, 0.29) is 25.7 Å². The molecule has 1 fully saturated rings. The minimum Gasteiger partial charge on any atom is -0.493 e. The van der Waals surface area contributed by atoms with Crippen molar-refractivity contribution >= 4 is 11.9 Å². The van der Waals surface area contributed by atoms with Crippen LogP contribution < -0.4 is 9.47 Å². The van der Waals surface area contributed by atoms with E-state index in [1.54, 1.807) is 12.1 Å². The van der Waals surface area contributed by atoms with Crippen LogP contribution in [-0.2, 0) is 20.7 Å². The Bertz CT molecular complexity index is 674. The quantitative estimate of drug-likeness (QED) is 0.673. The van der Waals surface area contributed by atoms with E-state index in [1.165, 1.54) is 19.1 Å². The number of allylic oxidation sites excluding steroid dienone is 1. The fraction of sp³-hybridized carbons (Fsp3) is 0.474. The molecule has 0 radical (unpaired) electrons. The fourth-order valence-electron chi connectivity index (χ4n) is 3.07. The van der Waals surface area contributed by atoms with E-state index in [2.05, 4.69) is 6.58 Å². The Morgan fingerprint density at radius 1 is 1.35 bits per heavy atom. The summed E-state index contributed by atoms with van der Waals surface area (Å²) in [5, 5.41) is 9.47. The first-order valence-electron chi connectivity index (χ1n) is 8.36. The largest absolute Gasteiger partial charge is 0.493 e. The molecule has 7 nitrogen and oxygen atoms in total. The summed E-state index contributed by atoms with van der Waals surface area (Å²) in [7, 11) is 2.99. The van der Waals surface area contributed by atoms with E-state index >= 15 is 0 Å². The Hall–Kier alpha value is -2.54. The van der Waals surface area contributed by atoms with Gasteiger partial charge in [0.1, 0.15) is 5.41 Å². The molecule has 2 rings (SSSR count). The molecule has 26 heavy (non-hydrogen) atoms. The van der Waals surface area contributed by atoms with E-state index < -0.39 is 11.4 Å². The molecular weight excluding hydrogens is 338 g/mol. The number of carboxylic acids is 1. The Morgan fingerprint density at radius 3 is 2.73 bits per heavy atom. The Labute approximate surface area is 153 Å². The van der Waals surface area contributed by atoms with Crippen molar-refractivity contribution in [3.8, 4) is 11.5 Å². The zero-order valence-electron chi connectivity index (χ0n) is 15.2. The number of hydrogen-bond donors (Lipinski definition) is 1. The molecule has 1 atom stereocenters. The summed E-state index contributed by atoms with van der Waals surface area (Å²) >= 11 is 0. The number of benzene rings is 1. The second-order valence-electron chi connectivity index (χ2n) is 6.35. The summed E-state index contributed by atoms with van der Waals surface area (Å²) in [5.41, 5.74) is -0.0186. The van der Waals surface area contributed by atoms with Gasteiger partial charge in [-0.15, -0.1) is 6.58 Å². The first kappa shape index (κ1) is 19.8. The molecule has 1 aliphatic rings. The number of likely N-dealkylation sites (tertiary alicyclic amines) is 1. The number of carboxylic acid groups (broad SMARTS) is 1. The SMILES string of the molecule is C=CCc1ccc(OCC(=O)N2CCC(COC)(C(=O)O)C2)c(OC)c1. The second-order valence-corrected chi connectivity index (χ2v) is 6.35. The number of aliphatic carboxylic acids is 1. The van der Waals surface area contributed by atoms with E-state index in [0.29, 0.717) is 30.9 Å². The van der Waals surface area contributed by atoms with Crippen LogP contribution in [0.2, 0.25) is 0 Å². The molecule has 1 aromatic rings. The van der Waals surface area contributed by atoms with E-state index in [9.17, 15) is 14.7 Å². The van der Waals surface area contributed by atoms with Crippen LogP contribution >= 0.6 is 0 Å². The van der Waals surface area contributed by atoms with Gasteiger partial charge in [-0.2, -0.15) is 0 Å². The van der Waals surface area contributed by atoms with Gasteiger partial charge in [0, 0.05) is 20.2 Å². The second kappa shape index (κ2) is 8.71. The predicted octanol–water partition coefficient (Wildman–Crippen LogP) is 1.75. The number of carbonyl (C=O) groups is 2. The molecule has 1 saturated heterocycles. The first-order chi connectivity index (χ1) is 12.5. The van der Waals surface area contributed by atoms with Gasteiger partial charge in [-0.3, -0.25) is 9.59 Å². The molecule has 1 unspecified atom stereocenters. The van der Waals surface area contributed by atoms with Crippen molar-refractivity contribution in [2.45, 2.75) is 12.8 Å². The summed E-state index contributed by atoms with van der Waals surface area (Å²) < 4.78 is 15.9. The molecule has 1 N–H and O–H groups in total. The van der Waals surface area contributed by atoms with Crippen molar-refractivity contribution in [2.75, 3.05) is 40.5 Å². The summed E-state index contributed by atoms with van der Waals surface area (Å²) in [6.45, 7) is 4.08. The number of nitrogens with zero attached hydrogens (tertiary/aromatic N) is 1. The van der Waals surface area contributed by atoms with Gasteiger partial charge in [-0.05, 0) is 30.5 Å². The number of hydrogen-bond acceptors (Lipinski definition) is 5. The number of amides is 1. The first-order valence-corrected chi connectivity index (χ1v) is 8.36. The maximum absolute atomic E-state index is 12.4. The molecule has 1 aromatic carbocycles. The smallest absolute Gasteiger partial charge is 0.313 e. The lowest BCUT2D eigenvalue weighted by molar-refractivity contribution is -0.151. The Morgan fingerprint density at radius 2 is 2.12 bits per heavy atom. The monoisotopic (exact) mass is 363 g/mol. The van der Waals surface area contributed by atoms with Crippen molar-refractivity contribution in [1.82, 2.24) is 4.90 Å². The highest BCUT2D eigenvalue weighted by Crippen LogP contribution is 2.32. The topological polar surface area (TPSA) is 85.3 Å². The van der Waals surface area contributed by atoms with Gasteiger partial charge in [0.05, 0.1) is 13.7 Å². The maximum Gasteiger partial charge on any atom is 0.313 e. The highest BCUT2D eigenvalue weighted by Gasteiger charge is 2.46. The molecule has 0 spiro atoms. The number of rotatable bonds is 9. The zero-order valence-corrected chi connectivity index (χ0v) is 15.2. The summed E-state index contributed by atoms with van der Waals surface area (Å²) in [6, 6.07) is 5.47. The molecular formula is C19H25NO6. The van der Waals surface area contributed by atoms with E-state index in [0.717, 1.165) is 5.56 Å². The fourth-order valence-corrected chi connectivity index (χ4v) is 3.07. The molecule has 1 amide bonds. The third-order valence-corrected chi connectivity index (χ3v) is 4.54. The zero-order chi connectivity index (χ0) is 19.2. The van der Waals surface area contributed by atoms with Crippen molar-refractivity contribution < 1.29 is 28.9 Å². The molecule has 1 heterocycles. The minimum atomic E-state index is -1.05. The van der Waals surface area contributed by atoms with Gasteiger partial charge in [0.25, 0.3) is 5.91 Å². The van der Waals surface area contributed by atoms with Gasteiger partial charge >= 0.3 is 5.97 Å². The number of methoxy groups -OCH3 is 2. The molecule has 0 bridgehead atoms. The van der Waals surface area contributed by atoms with Crippen LogP contribution in [0.4, 0.5) is 0 Å². The average Bonchev–Trinajstić information content (AvgIpc) is 3.06. The molecule has 0 aliphatic carbocycles. The van der Waals surface area contributed by atoms with Crippen LogP contribution in [0.25, 0.3) is 0 Å². The van der Waals surface area contributed by atoms with Crippen LogP contribution in [0.15, 0.2) is 30.9 Å². The van der Waals surface area contributed by atoms with Crippen molar-refractivity contribution in [3.05, 3.63) is 36.4 Å². The molecule has 0 saturated carbocycles. The van der Waals surface area contributed by atoms with Gasteiger partial charge in [0.2, 0.25) is 0 Å². The van der Waals surface area contributed by atoms with Crippen LogP contribution in [-0.4, -0.2) is 62.4 Å². The van der Waals surface area contributed by atoms with Gasteiger partial charge in [-0.25, -0.2) is 0 Å². The van der Waals surface area contributed by atoms with Crippen molar-refractivity contribution in [1.29, 1.82) is 0 Å². The van der Waals surface area contributed by atoms with Crippen LogP contribution in [0.3, 0.4) is 0 Å². The Balaban J connectivity index is 1.99. The van der Waals surface area contributed by atoms with Gasteiger partial charge in [-0.1, -0.05) is 12.1 Å². The average molecular weight is 363 g/mol. The lowest BCUT2D eigenvalue weighted by atomic mass is 9.88. The van der Waals surface area contributed by atoms with Crippen LogP contribution in [0.1, 0.15) is 12.0 Å². The molecule has 142 valence electrons. The standard InChI is InChI=1S/C19H25NO6/c1-4-5-14-6-7-15(16(10-14)25-3)26-11-17(21)20-9-8-19(12-20,13-24-2)18(22)23/h4,6-7,10H,1,5,8-9,11-13H2,2-3H3,(H,22,23). The summed E-state index contributed by atoms with van der Waals surface area (Å²) in [5.74, 6) is -0.205. The van der Waals surface area contributed by atoms with Gasteiger partial charge in [0.15, 0.2) is 18.1 Å². The Kier molecular flexibility index (Phi) is 6.63. The minimum absolute atomic E-state index is 0.0750. The van der Waals surface area contributed by atoms with Crippen molar-refractivity contribution in [2.24, 2.45) is 5.41 Å². The third-order valence-electron chi connectivity index (χ3n) is 4.54. The third kappa shape index (κ3) is 4.35. The van der Waals surface area contributed by atoms with Crippen molar-refractivity contribution in [3.63, 3.8) is 0 Å². The summed E-state index contributed by atoms with van der Waals surface area (Å²) in [4.78, 5) is 25.5. The molecule has 1 aliphatic heterocycles. The van der Waals surface area contributed by atoms with Crippen LogP contribution in [0, 0.1) is 5.41 Å². The van der Waals surface area contributed by atoms with Crippen LogP contribution in [0.5, 0.6) is 11.5 Å². The number of ether oxygens (including phenoxy) is 3. The highest BCUT2D eigenvalue weighted by atomic mass is 16.5. The summed E-state index contributed by atoms with van der Waals surface area (Å²) in [6.07, 6.45) is 2.86. The lowest BCUT2D eigenvalue weighted by Gasteiger charge is -2.23. The van der Waals surface area contributed by atoms with E-state index in [4.69, 9.17) is 14.2 Å². The maximum atomic E-state index is 12.4. The van der Waals surface area contributed by atoms with E-state index in [1.807, 2.05) is 12.1 Å². The lowest BCUT2D eigenvalue weighted by Crippen LogP contribution is -2.41. The highest BCUT2D eigenvalue weighted by molar-refractivity contribution is 5.81. The number of carbonyl (C=O) groups excluding carboxylic acids is 1. The predicted molar refractivity (Wildman–Crippen MR) is 95.5 cm³/mol. The van der Waals surface area contributed by atoms with Gasteiger partial charge < -0.3 is 24.2 Å². The molecule has 7 heteroatoms. The normalized spacial score (nSPS) is 19.2. The molecule has 0 aromatic heterocycles.